The third-order valence-electron chi connectivity index (χ3n) is 5.84. The fourth-order valence-corrected chi connectivity index (χ4v) is 4.22. The summed E-state index contributed by atoms with van der Waals surface area (Å²) in [6.07, 6.45) is 0. The molecule has 0 bridgehead atoms. The summed E-state index contributed by atoms with van der Waals surface area (Å²) >= 11 is 0. The van der Waals surface area contributed by atoms with Crippen molar-refractivity contribution in [1.29, 1.82) is 0 Å². The minimum absolute atomic E-state index is 0.0154. The van der Waals surface area contributed by atoms with E-state index in [9.17, 15) is 14.9 Å². The van der Waals surface area contributed by atoms with Crippen LogP contribution < -0.4 is 15.4 Å². The lowest BCUT2D eigenvalue weighted by Gasteiger charge is -2.30. The molecule has 0 saturated heterocycles. The molecule has 2 N–H and O–H groups in total. The molecule has 170 valence electrons. The fraction of sp³-hybridized carbons (Fsp3) is 0.120. The molecule has 4 aromatic rings. The highest BCUT2D eigenvalue weighted by Gasteiger charge is 2.34. The zero-order valence-corrected chi connectivity index (χ0v) is 18.5. The first-order valence-corrected chi connectivity index (χ1v) is 10.6. The number of nitro groups is 1. The minimum atomic E-state index is -0.539. The average Bonchev–Trinajstić information content (AvgIpc) is 3.21. The van der Waals surface area contributed by atoms with Crippen LogP contribution in [0.15, 0.2) is 84.1 Å². The van der Waals surface area contributed by atoms with E-state index in [0.717, 1.165) is 16.6 Å². The van der Waals surface area contributed by atoms with E-state index in [1.54, 1.807) is 43.5 Å². The molecule has 5 rings (SSSR count). The first kappa shape index (κ1) is 21.2. The Labute approximate surface area is 194 Å². The number of anilines is 2. The number of rotatable bonds is 5. The molecule has 3 aromatic carbocycles. The number of imidazole rings is 1. The number of para-hydroxylation sites is 2. The van der Waals surface area contributed by atoms with Gasteiger partial charge in [0.05, 0.1) is 34.7 Å². The molecule has 0 fully saturated rings. The number of carbonyl (C=O) groups is 1. The van der Waals surface area contributed by atoms with Crippen LogP contribution in [0.3, 0.4) is 0 Å². The average molecular weight is 455 g/mol. The number of aromatic nitrogens is 2. The van der Waals surface area contributed by atoms with Crippen LogP contribution in [0.25, 0.3) is 11.0 Å². The van der Waals surface area contributed by atoms with Gasteiger partial charge in [0.2, 0.25) is 5.95 Å². The summed E-state index contributed by atoms with van der Waals surface area (Å²) in [5, 5.41) is 17.4. The summed E-state index contributed by atoms with van der Waals surface area (Å²) < 4.78 is 7.14. The highest BCUT2D eigenvalue weighted by molar-refractivity contribution is 6.06. The van der Waals surface area contributed by atoms with Gasteiger partial charge in [-0.15, -0.1) is 0 Å². The Hall–Kier alpha value is -4.66. The normalized spacial score (nSPS) is 14.9. The van der Waals surface area contributed by atoms with Gasteiger partial charge in [0.15, 0.2) is 0 Å². The molecule has 0 saturated carbocycles. The number of hydrogen-bond donors (Lipinski definition) is 2. The standard InChI is InChI=1S/C25H21N5O4/c1-15-22(24(31)27-17-9-13-19(34-2)14-10-17)23(16-7-11-18(12-8-16)30(32)33)29-21-6-4-3-5-20(21)28-25(29)26-15/h3-14,23H,1-2H3,(H,26,28)(H,27,31)/t23-/m1/s1. The van der Waals surface area contributed by atoms with E-state index in [4.69, 9.17) is 4.74 Å². The Balaban J connectivity index is 1.62. The molecule has 1 aromatic heterocycles. The molecule has 1 atom stereocenters. The molecular weight excluding hydrogens is 434 g/mol. The molecule has 2 heterocycles. The SMILES string of the molecule is COc1ccc(NC(=O)C2=C(C)Nc3nc4ccccc4n3[C@@H]2c2ccc([N+](=O)[O-])cc2)cc1. The molecule has 1 aliphatic heterocycles. The van der Waals surface area contributed by atoms with Gasteiger partial charge in [-0.25, -0.2) is 4.98 Å². The second-order valence-electron chi connectivity index (χ2n) is 7.89. The monoisotopic (exact) mass is 455 g/mol. The number of benzene rings is 3. The van der Waals surface area contributed by atoms with Crippen LogP contribution in [0.1, 0.15) is 18.5 Å². The van der Waals surface area contributed by atoms with Crippen molar-refractivity contribution in [1.82, 2.24) is 9.55 Å². The Morgan fingerprint density at radius 2 is 1.79 bits per heavy atom. The Morgan fingerprint density at radius 1 is 1.09 bits per heavy atom. The fourth-order valence-electron chi connectivity index (χ4n) is 4.22. The zero-order chi connectivity index (χ0) is 23.8. The summed E-state index contributed by atoms with van der Waals surface area (Å²) in [5.74, 6) is 0.996. The smallest absolute Gasteiger partial charge is 0.269 e. The van der Waals surface area contributed by atoms with E-state index < -0.39 is 11.0 Å². The topological polar surface area (TPSA) is 111 Å². The largest absolute Gasteiger partial charge is 0.497 e. The van der Waals surface area contributed by atoms with Crippen LogP contribution in [0.4, 0.5) is 17.3 Å². The van der Waals surface area contributed by atoms with Crippen molar-refractivity contribution in [2.24, 2.45) is 0 Å². The van der Waals surface area contributed by atoms with E-state index in [1.807, 2.05) is 35.8 Å². The number of carbonyl (C=O) groups excluding carboxylic acids is 1. The number of allylic oxidation sites excluding steroid dienone is 1. The zero-order valence-electron chi connectivity index (χ0n) is 18.5. The molecule has 0 radical (unpaired) electrons. The number of nitrogens with one attached hydrogen (secondary N) is 2. The predicted molar refractivity (Wildman–Crippen MR) is 129 cm³/mol. The van der Waals surface area contributed by atoms with Gasteiger partial charge >= 0.3 is 0 Å². The number of methoxy groups -OCH3 is 1. The van der Waals surface area contributed by atoms with Gasteiger partial charge in [0, 0.05) is 23.5 Å². The Morgan fingerprint density at radius 3 is 2.47 bits per heavy atom. The lowest BCUT2D eigenvalue weighted by molar-refractivity contribution is -0.384. The molecular formula is C25H21N5O4. The predicted octanol–water partition coefficient (Wildman–Crippen LogP) is 4.88. The van der Waals surface area contributed by atoms with Crippen LogP contribution >= 0.6 is 0 Å². The molecule has 34 heavy (non-hydrogen) atoms. The maximum atomic E-state index is 13.6. The highest BCUT2D eigenvalue weighted by atomic mass is 16.6. The summed E-state index contributed by atoms with van der Waals surface area (Å²) in [4.78, 5) is 29.0. The van der Waals surface area contributed by atoms with Crippen LogP contribution in [-0.2, 0) is 4.79 Å². The number of ether oxygens (including phenoxy) is 1. The van der Waals surface area contributed by atoms with Crippen LogP contribution in [0.2, 0.25) is 0 Å². The number of non-ortho nitro benzene ring substituents is 1. The molecule has 9 heteroatoms. The number of hydrogen-bond acceptors (Lipinski definition) is 6. The summed E-state index contributed by atoms with van der Waals surface area (Å²) in [6, 6.07) is 20.4. The van der Waals surface area contributed by atoms with Gasteiger partial charge in [0.1, 0.15) is 5.75 Å². The second-order valence-corrected chi connectivity index (χ2v) is 7.89. The van der Waals surface area contributed by atoms with Gasteiger partial charge < -0.3 is 15.4 Å². The summed E-state index contributed by atoms with van der Waals surface area (Å²) in [5.41, 5.74) is 4.10. The summed E-state index contributed by atoms with van der Waals surface area (Å²) in [7, 11) is 1.58. The number of nitro benzene ring substituents is 1. The highest BCUT2D eigenvalue weighted by Crippen LogP contribution is 2.39. The molecule has 1 amide bonds. The van der Waals surface area contributed by atoms with Crippen molar-refractivity contribution in [3.63, 3.8) is 0 Å². The van der Waals surface area contributed by atoms with Gasteiger partial charge in [0.25, 0.3) is 11.6 Å². The van der Waals surface area contributed by atoms with Gasteiger partial charge in [-0.3, -0.25) is 19.5 Å². The molecule has 9 nitrogen and oxygen atoms in total. The van der Waals surface area contributed by atoms with E-state index >= 15 is 0 Å². The number of fused-ring (bicyclic) bond motifs is 3. The van der Waals surface area contributed by atoms with Crippen molar-refractivity contribution in [2.45, 2.75) is 13.0 Å². The third-order valence-corrected chi connectivity index (χ3v) is 5.84. The van der Waals surface area contributed by atoms with Crippen molar-refractivity contribution in [3.8, 4) is 5.75 Å². The molecule has 0 aliphatic carbocycles. The lowest BCUT2D eigenvalue weighted by atomic mass is 9.94. The van der Waals surface area contributed by atoms with E-state index in [0.29, 0.717) is 28.7 Å². The Kier molecular flexibility index (Phi) is 5.21. The van der Waals surface area contributed by atoms with Gasteiger partial charge in [-0.2, -0.15) is 0 Å². The molecule has 1 aliphatic rings. The van der Waals surface area contributed by atoms with Crippen molar-refractivity contribution in [3.05, 3.63) is 99.7 Å². The molecule has 0 spiro atoms. The van der Waals surface area contributed by atoms with Crippen molar-refractivity contribution in [2.75, 3.05) is 17.7 Å². The van der Waals surface area contributed by atoms with Gasteiger partial charge in [-0.05, 0) is 61.0 Å². The van der Waals surface area contributed by atoms with Gasteiger partial charge in [-0.1, -0.05) is 12.1 Å². The number of amides is 1. The lowest BCUT2D eigenvalue weighted by Crippen LogP contribution is -2.30. The van der Waals surface area contributed by atoms with Crippen LogP contribution in [0.5, 0.6) is 5.75 Å². The Bertz CT molecular complexity index is 1440. The maximum absolute atomic E-state index is 13.6. The first-order valence-electron chi connectivity index (χ1n) is 10.6. The minimum Gasteiger partial charge on any atom is -0.497 e. The van der Waals surface area contributed by atoms with Crippen LogP contribution in [0, 0.1) is 10.1 Å². The summed E-state index contributed by atoms with van der Waals surface area (Å²) in [6.45, 7) is 1.82. The van der Waals surface area contributed by atoms with E-state index in [1.165, 1.54) is 12.1 Å². The van der Waals surface area contributed by atoms with E-state index in [-0.39, 0.29) is 11.6 Å². The number of nitrogens with zero attached hydrogens (tertiary/aromatic N) is 3. The van der Waals surface area contributed by atoms with Crippen molar-refractivity contribution >= 4 is 34.3 Å². The quantitative estimate of drug-likeness (QED) is 0.328. The third kappa shape index (κ3) is 3.62. The van der Waals surface area contributed by atoms with E-state index in [2.05, 4.69) is 15.6 Å². The molecule has 0 unspecified atom stereocenters. The second kappa shape index (κ2) is 8.36. The first-order chi connectivity index (χ1) is 16.5. The maximum Gasteiger partial charge on any atom is 0.269 e. The van der Waals surface area contributed by atoms with Crippen molar-refractivity contribution < 1.29 is 14.5 Å². The van der Waals surface area contributed by atoms with Crippen LogP contribution in [-0.4, -0.2) is 27.5 Å².